The maximum Gasteiger partial charge on any atom is 1.00 e. The maximum atomic E-state index is 12.4. The number of alkyl carbamates (subject to hydrolysis) is 1. The largest absolute Gasteiger partial charge is 1.00 e. The number of rotatable bonds is 22. The van der Waals surface area contributed by atoms with Crippen LogP contribution in [0.4, 0.5) is 36.3 Å². The van der Waals surface area contributed by atoms with Gasteiger partial charge in [0.05, 0.1) is 33.4 Å². The smallest absolute Gasteiger partial charge is 1.00 e. The molecule has 103 heavy (non-hydrogen) atoms. The van der Waals surface area contributed by atoms with Crippen LogP contribution in [0.15, 0.2) is 168 Å². The van der Waals surface area contributed by atoms with Crippen LogP contribution in [0.25, 0.3) is 0 Å². The first-order valence-electron chi connectivity index (χ1n) is 31.7. The van der Waals surface area contributed by atoms with Gasteiger partial charge in [-0.1, -0.05) is 196 Å². The van der Waals surface area contributed by atoms with E-state index in [1.165, 1.54) is 20.9 Å². The molecule has 0 bridgehead atoms. The average Bonchev–Trinajstić information content (AvgIpc) is 0.872. The number of hydrogen-bond acceptors (Lipinski definition) is 12. The van der Waals surface area contributed by atoms with Crippen molar-refractivity contribution in [3.05, 3.63) is 201 Å². The second-order valence-electron chi connectivity index (χ2n) is 23.8. The predicted octanol–water partition coefficient (Wildman–Crippen LogP) is 17.3. The summed E-state index contributed by atoms with van der Waals surface area (Å²) >= 11 is 23.1. The number of halogens is 14. The van der Waals surface area contributed by atoms with Gasteiger partial charge in [0, 0.05) is 77.9 Å². The molecule has 3 amide bonds. The number of amides is 3. The van der Waals surface area contributed by atoms with E-state index in [-0.39, 0.29) is 95.3 Å². The van der Waals surface area contributed by atoms with E-state index >= 15 is 0 Å². The van der Waals surface area contributed by atoms with Crippen LogP contribution in [0.1, 0.15) is 134 Å². The van der Waals surface area contributed by atoms with Gasteiger partial charge in [-0.05, 0) is 201 Å². The van der Waals surface area contributed by atoms with Crippen LogP contribution in [0.2, 0.25) is 0 Å². The van der Waals surface area contributed by atoms with Gasteiger partial charge in [0.1, 0.15) is 23.1 Å². The van der Waals surface area contributed by atoms with Crippen molar-refractivity contribution in [2.75, 3.05) is 64.9 Å². The third-order valence-corrected chi connectivity index (χ3v) is 15.1. The number of ether oxygens (including phenoxy) is 3. The number of hydrogen-bond donors (Lipinski definition) is 6. The summed E-state index contributed by atoms with van der Waals surface area (Å²) in [6.45, 7) is 17.9. The van der Waals surface area contributed by atoms with Gasteiger partial charge in [0.25, 0.3) is 0 Å². The minimum Gasteiger partial charge on any atom is -1.00 e. The van der Waals surface area contributed by atoms with Gasteiger partial charge in [0.2, 0.25) is 0 Å². The van der Waals surface area contributed by atoms with Crippen LogP contribution >= 0.6 is 136 Å². The molecule has 6 aromatic rings. The Morgan fingerprint density at radius 2 is 0.777 bits per heavy atom. The predicted molar refractivity (Wildman–Crippen MR) is 440 cm³/mol. The first-order chi connectivity index (χ1) is 47.1. The second-order valence-corrected chi connectivity index (χ2v) is 29.7. The van der Waals surface area contributed by atoms with E-state index in [0.717, 1.165) is 56.0 Å². The zero-order chi connectivity index (χ0) is 76.5. The molecular formula is C72H104BBr7Cl2F5N6NaO9. The van der Waals surface area contributed by atoms with E-state index in [0.29, 0.717) is 76.0 Å². The minimum atomic E-state index is -1.53. The van der Waals surface area contributed by atoms with E-state index in [2.05, 4.69) is 129 Å². The fourth-order valence-corrected chi connectivity index (χ4v) is 8.39. The Kier molecular flexibility index (Phi) is 74.0. The summed E-state index contributed by atoms with van der Waals surface area (Å²) in [6, 6.07) is 45.4. The number of aldehydes is 1. The maximum absolute atomic E-state index is 12.4. The molecule has 0 aromatic heterocycles. The van der Waals surface area contributed by atoms with Gasteiger partial charge in [-0.15, -0.1) is 24.8 Å². The molecule has 0 spiro atoms. The van der Waals surface area contributed by atoms with Crippen LogP contribution < -0.4 is 57.5 Å². The topological polar surface area (TPSA) is 233 Å². The summed E-state index contributed by atoms with van der Waals surface area (Å²) in [5.74, 6) is 0. The first-order valence-corrected chi connectivity index (χ1v) is 37.9. The molecule has 6 rings (SSSR count). The molecule has 0 radical (unpaired) electrons. The van der Waals surface area contributed by atoms with Crippen molar-refractivity contribution in [2.24, 2.45) is 17.2 Å². The van der Waals surface area contributed by atoms with E-state index in [1.807, 2.05) is 139 Å². The molecule has 9 N–H and O–H groups in total. The molecule has 0 saturated carbocycles. The summed E-state index contributed by atoms with van der Waals surface area (Å²) in [6.07, 6.45) is 1.73. The molecule has 0 aliphatic heterocycles. The Morgan fingerprint density at radius 1 is 0.476 bits per heavy atom. The minimum absolute atomic E-state index is 0. The van der Waals surface area contributed by atoms with Gasteiger partial charge in [-0.25, -0.2) is 14.4 Å². The van der Waals surface area contributed by atoms with Crippen molar-refractivity contribution in [3.8, 4) is 0 Å². The van der Waals surface area contributed by atoms with E-state index < -0.39 is 55.6 Å². The van der Waals surface area contributed by atoms with Gasteiger partial charge in [0.15, 0.2) is 0 Å². The summed E-state index contributed by atoms with van der Waals surface area (Å²) in [5.41, 5.74) is 19.9. The molecular weight excluding hydrogens is 1850 g/mol. The Morgan fingerprint density at radius 3 is 1.03 bits per heavy atom. The zero-order valence-corrected chi connectivity index (χ0v) is 75.1. The van der Waals surface area contributed by atoms with Gasteiger partial charge < -0.3 is 58.0 Å². The van der Waals surface area contributed by atoms with Crippen LogP contribution in [0.3, 0.4) is 0 Å². The molecule has 0 aliphatic rings. The Balaban J connectivity index is -0.000000212. The molecule has 0 fully saturated rings. The van der Waals surface area contributed by atoms with Crippen molar-refractivity contribution in [1.29, 1.82) is 0 Å². The molecule has 31 heteroatoms. The molecule has 0 saturated heterocycles. The van der Waals surface area contributed by atoms with Gasteiger partial charge in [-0.3, -0.25) is 26.7 Å². The second kappa shape index (κ2) is 68.5. The van der Waals surface area contributed by atoms with E-state index in [9.17, 15) is 41.1 Å². The molecule has 0 aliphatic carbocycles. The van der Waals surface area contributed by atoms with Crippen LogP contribution in [0, 0.1) is 0 Å². The summed E-state index contributed by atoms with van der Waals surface area (Å²) in [4.78, 5) is 48.7. The average molecular weight is 1960 g/mol. The monoisotopic (exact) mass is 1950 g/mol. The SMILES string of the molecule is BrCc1ccc(Br)cc1.CC(C)(C)OC(=O)N(CCCF)Cc1ccc(B(O)O)cc1.CC(C)(C)OC(=O)N(CCCF)Cc1ccc(Br)cc1.CC(C)(C)OC(=O)NCc1ccc(Br)cc1.Cl.Cl.FCCCBr.NCCCF.NCCCF.NCc1ccc(Br)cc1.O=Cc1ccc(Br)cc1.[H-].[Na+]. The third-order valence-electron chi connectivity index (χ3n) is 11.3. The van der Waals surface area contributed by atoms with E-state index in [1.54, 1.807) is 57.2 Å². The molecule has 578 valence electrons. The number of nitrogens with two attached hydrogens (primary N) is 3. The van der Waals surface area contributed by atoms with Gasteiger partial charge >= 0.3 is 55.0 Å². The summed E-state index contributed by atoms with van der Waals surface area (Å²) in [5, 5.41) is 22.5. The van der Waals surface area contributed by atoms with Crippen molar-refractivity contribution < 1.29 is 96.4 Å². The van der Waals surface area contributed by atoms with Crippen molar-refractivity contribution in [3.63, 3.8) is 0 Å². The van der Waals surface area contributed by atoms with Gasteiger partial charge in [-0.2, -0.15) is 0 Å². The first kappa shape index (κ1) is 111. The molecule has 15 nitrogen and oxygen atoms in total. The number of benzene rings is 6. The number of alkyl halides is 7. The molecule has 6 aromatic carbocycles. The number of carbonyl (C=O) groups is 4. The summed E-state index contributed by atoms with van der Waals surface area (Å²) < 4.78 is 78.6. The number of nitrogens with zero attached hydrogens (tertiary/aromatic N) is 2. The van der Waals surface area contributed by atoms with Crippen LogP contribution in [-0.4, -0.2) is 133 Å². The normalized spacial score (nSPS) is 9.96. The van der Waals surface area contributed by atoms with Crippen LogP contribution in [-0.2, 0) is 45.7 Å². The summed E-state index contributed by atoms with van der Waals surface area (Å²) in [7, 11) is -1.53. The molecule has 0 atom stereocenters. The number of carbonyl (C=O) groups excluding carboxylic acids is 4. The Hall–Kier alpha value is -2.75. The third kappa shape index (κ3) is 68.3. The van der Waals surface area contributed by atoms with E-state index in [4.69, 9.17) is 41.5 Å². The quantitative estimate of drug-likeness (QED) is 0.0123. The molecule has 0 heterocycles. The number of nitrogens with one attached hydrogen (secondary N) is 1. The van der Waals surface area contributed by atoms with Crippen LogP contribution in [0.5, 0.6) is 0 Å². The zero-order valence-electron chi connectivity index (χ0n) is 61.4. The standard InChI is InChI=1S/C15H23BFNO4.C15H21BrFNO2.C12H16BrNO2.C7H6Br2.C7H8BrN.C7H5BrO.C3H6BrF.2C3H8FN.2ClH.Na.H/c1-15(2,3)22-14(19)18(10-4-9-17)11-12-5-7-13(8-6-12)16(20)21;1-15(2,3)20-14(19)18(10-4-9-17)11-12-5-7-13(16)8-6-12;1-12(2,3)16-11(15)14-8-9-4-6-10(13)7-5-9;8-5-6-1-3-7(9)4-2-6;2*8-7-3-1-6(5-9)2-4-7;3*4-2-1-3-5;;;;/h5-8,20-21H,4,9-11H2,1-3H3;5-8H,4,9-11H2,1-3H3;4-7H,8H2,1-3H3,(H,14,15);1-4H,5H2;1-4H,5,9H2;1-5H;1-3H2;2*1-3,5H2;2*1H;;/q;;;;;;;;;;;+1;-1. The Labute approximate surface area is 704 Å². The fraction of sp³-hybridized carbons (Fsp3) is 0.444. The van der Waals surface area contributed by atoms with Crippen molar-refractivity contribution in [1.82, 2.24) is 15.1 Å². The van der Waals surface area contributed by atoms with Crippen molar-refractivity contribution in [2.45, 2.75) is 143 Å². The van der Waals surface area contributed by atoms with Crippen molar-refractivity contribution >= 4 is 173 Å². The fourth-order valence-electron chi connectivity index (χ4n) is 6.48. The Bertz CT molecular complexity index is 2970. The molecule has 0 unspecified atom stereocenters.